The second-order valence-electron chi connectivity index (χ2n) is 6.20. The molecule has 1 fully saturated rings. The summed E-state index contributed by atoms with van der Waals surface area (Å²) in [7, 11) is 0. The fraction of sp³-hybridized carbons (Fsp3) is 0.500. The van der Waals surface area contributed by atoms with Gasteiger partial charge in [0.15, 0.2) is 11.6 Å². The predicted octanol–water partition coefficient (Wildman–Crippen LogP) is 6.51. The van der Waals surface area contributed by atoms with E-state index in [1.165, 1.54) is 12.3 Å². The molecule has 0 radical (unpaired) electrons. The number of ether oxygens (including phenoxy) is 1. The van der Waals surface area contributed by atoms with Crippen LogP contribution in [0.15, 0.2) is 36.6 Å². The molecule has 0 aromatic heterocycles. The van der Waals surface area contributed by atoms with Gasteiger partial charge >= 0.3 is 0 Å². The van der Waals surface area contributed by atoms with Crippen molar-refractivity contribution in [3.63, 3.8) is 0 Å². The van der Waals surface area contributed by atoms with Gasteiger partial charge in [0.2, 0.25) is 5.82 Å². The Morgan fingerprint density at radius 1 is 1.13 bits per heavy atom. The van der Waals surface area contributed by atoms with Crippen molar-refractivity contribution in [2.45, 2.75) is 58.3 Å². The highest BCUT2D eigenvalue weighted by atomic mass is 19.2. The largest absolute Gasteiger partial charge is 0.462 e. The zero-order chi connectivity index (χ0) is 16.7. The van der Waals surface area contributed by atoms with Gasteiger partial charge in [0.25, 0.3) is 0 Å². The van der Waals surface area contributed by atoms with Crippen molar-refractivity contribution in [1.82, 2.24) is 0 Å². The summed E-state index contributed by atoms with van der Waals surface area (Å²) in [5, 5.41) is 0. The number of benzene rings is 1. The van der Waals surface area contributed by atoms with E-state index in [1.54, 1.807) is 19.1 Å². The summed E-state index contributed by atoms with van der Waals surface area (Å²) in [6.45, 7) is 3.93. The van der Waals surface area contributed by atoms with Crippen molar-refractivity contribution in [1.29, 1.82) is 0 Å². The molecule has 0 unspecified atom stereocenters. The molecule has 1 nitrogen and oxygen atoms in total. The van der Waals surface area contributed by atoms with E-state index in [-0.39, 0.29) is 11.7 Å². The molecule has 1 aromatic carbocycles. The summed E-state index contributed by atoms with van der Waals surface area (Å²) in [6, 6.07) is 3.20. The van der Waals surface area contributed by atoms with Gasteiger partial charge in [-0.05, 0) is 62.5 Å². The van der Waals surface area contributed by atoms with Gasteiger partial charge in [-0.3, -0.25) is 0 Å². The summed E-state index contributed by atoms with van der Waals surface area (Å²) in [5.41, 5.74) is 0.492. The Balaban J connectivity index is 2.02. The quantitative estimate of drug-likeness (QED) is 0.429. The Kier molecular flexibility index (Phi) is 6.82. The summed E-state index contributed by atoms with van der Waals surface area (Å²) >= 11 is 0. The van der Waals surface area contributed by atoms with Gasteiger partial charge in [-0.15, -0.1) is 0 Å². The van der Waals surface area contributed by atoms with Crippen LogP contribution in [-0.2, 0) is 0 Å². The molecular weight excluding hydrogens is 294 g/mol. The molecule has 1 saturated carbocycles. The van der Waals surface area contributed by atoms with Gasteiger partial charge in [-0.25, -0.2) is 4.39 Å². The predicted molar refractivity (Wildman–Crippen MR) is 90.5 cm³/mol. The molecule has 0 bridgehead atoms. The second-order valence-corrected chi connectivity index (χ2v) is 6.20. The van der Waals surface area contributed by atoms with E-state index >= 15 is 0 Å². The van der Waals surface area contributed by atoms with Gasteiger partial charge in [-0.1, -0.05) is 37.6 Å². The van der Waals surface area contributed by atoms with Crippen LogP contribution < -0.4 is 4.74 Å². The lowest BCUT2D eigenvalue weighted by atomic mass is 9.78. The average Bonchev–Trinajstić information content (AvgIpc) is 2.57. The summed E-state index contributed by atoms with van der Waals surface area (Å²) in [4.78, 5) is 0. The lowest BCUT2D eigenvalue weighted by molar-refractivity contribution is 0.358. The number of hydrogen-bond donors (Lipinski definition) is 0. The monoisotopic (exact) mass is 320 g/mol. The van der Waals surface area contributed by atoms with Gasteiger partial charge in [0.05, 0.1) is 6.26 Å². The molecule has 0 N–H and O–H groups in total. The van der Waals surface area contributed by atoms with E-state index in [1.807, 2.05) is 0 Å². The highest BCUT2D eigenvalue weighted by Crippen LogP contribution is 2.39. The first kappa shape index (κ1) is 17.7. The van der Waals surface area contributed by atoms with Crippen molar-refractivity contribution in [3.8, 4) is 5.75 Å². The fourth-order valence-electron chi connectivity index (χ4n) is 3.17. The van der Waals surface area contributed by atoms with Gasteiger partial charge in [-0.2, -0.15) is 4.39 Å². The van der Waals surface area contributed by atoms with Crippen molar-refractivity contribution >= 4 is 0 Å². The van der Waals surface area contributed by atoms with Crippen molar-refractivity contribution in [3.05, 3.63) is 53.8 Å². The van der Waals surface area contributed by atoms with Gasteiger partial charge in [0, 0.05) is 0 Å². The maximum Gasteiger partial charge on any atom is 0.201 e. The van der Waals surface area contributed by atoms with Crippen molar-refractivity contribution in [2.24, 2.45) is 5.92 Å². The van der Waals surface area contributed by atoms with Crippen LogP contribution in [0.5, 0.6) is 5.75 Å². The SMILES string of the molecule is CC=COc1ccc(C2CCC(C=CCCC)CC2)c(F)c1F. The van der Waals surface area contributed by atoms with E-state index in [0.717, 1.165) is 38.5 Å². The molecule has 1 aliphatic rings. The third-order valence-electron chi connectivity index (χ3n) is 4.48. The molecule has 0 amide bonds. The number of halogens is 2. The molecule has 3 heteroatoms. The van der Waals surface area contributed by atoms with Crippen LogP contribution in [0.3, 0.4) is 0 Å². The van der Waals surface area contributed by atoms with Crippen molar-refractivity contribution in [2.75, 3.05) is 0 Å². The Labute approximate surface area is 138 Å². The van der Waals surface area contributed by atoms with E-state index < -0.39 is 11.6 Å². The Hall–Kier alpha value is -1.64. The van der Waals surface area contributed by atoms with Crippen LogP contribution in [-0.4, -0.2) is 0 Å². The standard InChI is InChI=1S/C20H26F2O/c1-3-5-6-7-15-8-10-16(11-9-15)17-12-13-18(23-14-4-2)20(22)19(17)21/h4,6-7,12-16H,3,5,8-11H2,1-2H3. The Bertz CT molecular complexity index is 555. The van der Waals surface area contributed by atoms with Gasteiger partial charge in [0.1, 0.15) is 0 Å². The summed E-state index contributed by atoms with van der Waals surface area (Å²) in [6.07, 6.45) is 13.7. The normalized spacial score (nSPS) is 22.1. The Morgan fingerprint density at radius 2 is 1.87 bits per heavy atom. The average molecular weight is 320 g/mol. The third-order valence-corrected chi connectivity index (χ3v) is 4.48. The van der Waals surface area contributed by atoms with Crippen LogP contribution in [0, 0.1) is 17.6 Å². The number of hydrogen-bond acceptors (Lipinski definition) is 1. The van der Waals surface area contributed by atoms with E-state index in [2.05, 4.69) is 19.1 Å². The number of allylic oxidation sites excluding steroid dienone is 3. The highest BCUT2D eigenvalue weighted by molar-refractivity contribution is 5.33. The smallest absolute Gasteiger partial charge is 0.201 e. The van der Waals surface area contributed by atoms with E-state index in [4.69, 9.17) is 4.74 Å². The van der Waals surface area contributed by atoms with Gasteiger partial charge < -0.3 is 4.74 Å². The second kappa shape index (κ2) is 8.85. The molecule has 1 aromatic rings. The molecule has 0 spiro atoms. The molecule has 0 heterocycles. The minimum Gasteiger partial charge on any atom is -0.462 e. The molecule has 126 valence electrons. The first-order valence-corrected chi connectivity index (χ1v) is 8.59. The molecule has 23 heavy (non-hydrogen) atoms. The molecule has 0 atom stereocenters. The van der Waals surface area contributed by atoms with Crippen LogP contribution in [0.4, 0.5) is 8.78 Å². The van der Waals surface area contributed by atoms with Crippen molar-refractivity contribution < 1.29 is 13.5 Å². The maximum atomic E-state index is 14.3. The van der Waals surface area contributed by atoms with Crippen LogP contribution in [0.25, 0.3) is 0 Å². The van der Waals surface area contributed by atoms with Crippen LogP contribution in [0.1, 0.15) is 63.9 Å². The highest BCUT2D eigenvalue weighted by Gasteiger charge is 2.25. The number of rotatable bonds is 6. The number of unbranched alkanes of at least 4 members (excludes halogenated alkanes) is 1. The molecular formula is C20H26F2O. The molecule has 0 saturated heterocycles. The summed E-state index contributed by atoms with van der Waals surface area (Å²) < 4.78 is 33.5. The van der Waals surface area contributed by atoms with E-state index in [9.17, 15) is 8.78 Å². The van der Waals surface area contributed by atoms with E-state index in [0.29, 0.717) is 11.5 Å². The minimum absolute atomic E-state index is 0.0551. The molecule has 0 aliphatic heterocycles. The first-order chi connectivity index (χ1) is 11.2. The lowest BCUT2D eigenvalue weighted by Gasteiger charge is -2.27. The summed E-state index contributed by atoms with van der Waals surface area (Å²) in [5.74, 6) is -0.998. The third kappa shape index (κ3) is 4.66. The topological polar surface area (TPSA) is 9.23 Å². The minimum atomic E-state index is -0.884. The zero-order valence-electron chi connectivity index (χ0n) is 14.0. The maximum absolute atomic E-state index is 14.3. The van der Waals surface area contributed by atoms with Crippen LogP contribution >= 0.6 is 0 Å². The fourth-order valence-corrected chi connectivity index (χ4v) is 3.17. The molecule has 2 rings (SSSR count). The first-order valence-electron chi connectivity index (χ1n) is 8.59. The molecule has 1 aliphatic carbocycles. The lowest BCUT2D eigenvalue weighted by Crippen LogP contribution is -2.13. The van der Waals surface area contributed by atoms with Crippen LogP contribution in [0.2, 0.25) is 0 Å². The Morgan fingerprint density at radius 3 is 2.52 bits per heavy atom. The zero-order valence-corrected chi connectivity index (χ0v) is 14.0.